The molecular formula is C11H16BrN3O. The molecule has 1 aliphatic carbocycles. The lowest BCUT2D eigenvalue weighted by molar-refractivity contribution is 0.536. The molecule has 1 N–H and O–H groups in total. The van der Waals surface area contributed by atoms with E-state index in [2.05, 4.69) is 33.3 Å². The molecule has 4 nitrogen and oxygen atoms in total. The summed E-state index contributed by atoms with van der Waals surface area (Å²) in [5.41, 5.74) is 0.680. The topological polar surface area (TPSA) is 46.9 Å². The van der Waals surface area contributed by atoms with E-state index >= 15 is 0 Å². The first-order chi connectivity index (χ1) is 7.59. The molecule has 2 rings (SSSR count). The van der Waals surface area contributed by atoms with Crippen LogP contribution in [0.2, 0.25) is 0 Å². The van der Waals surface area contributed by atoms with E-state index in [0.717, 1.165) is 18.2 Å². The van der Waals surface area contributed by atoms with Gasteiger partial charge >= 0.3 is 0 Å². The Morgan fingerprint density at radius 2 is 2.38 bits per heavy atom. The maximum atomic E-state index is 11.6. The molecule has 0 amide bonds. The molecule has 1 aliphatic rings. The summed E-state index contributed by atoms with van der Waals surface area (Å²) in [6, 6.07) is 0. The zero-order chi connectivity index (χ0) is 11.7. The van der Waals surface area contributed by atoms with Gasteiger partial charge in [0.2, 0.25) is 0 Å². The van der Waals surface area contributed by atoms with Crippen LogP contribution in [0.3, 0.4) is 0 Å². The molecule has 0 radical (unpaired) electrons. The molecule has 0 aromatic carbocycles. The van der Waals surface area contributed by atoms with Crippen LogP contribution in [0.15, 0.2) is 15.5 Å². The Bertz CT molecular complexity index is 439. The summed E-state index contributed by atoms with van der Waals surface area (Å²) >= 11 is 3.30. The van der Waals surface area contributed by atoms with Crippen LogP contribution in [0.1, 0.15) is 19.8 Å². The first kappa shape index (κ1) is 11.6. The molecule has 0 aliphatic heterocycles. The van der Waals surface area contributed by atoms with Crippen LogP contribution in [0.25, 0.3) is 0 Å². The van der Waals surface area contributed by atoms with Crippen molar-refractivity contribution >= 4 is 21.6 Å². The first-order valence-corrected chi connectivity index (χ1v) is 6.34. The van der Waals surface area contributed by atoms with E-state index in [1.807, 2.05) is 0 Å². The Hall–Kier alpha value is -0.840. The minimum atomic E-state index is -0.107. The van der Waals surface area contributed by atoms with Gasteiger partial charge < -0.3 is 5.32 Å². The summed E-state index contributed by atoms with van der Waals surface area (Å²) in [5.74, 6) is 1.53. The molecule has 1 fully saturated rings. The van der Waals surface area contributed by atoms with E-state index < -0.39 is 0 Å². The van der Waals surface area contributed by atoms with Crippen LogP contribution < -0.4 is 10.9 Å². The van der Waals surface area contributed by atoms with Crippen molar-refractivity contribution in [2.75, 3.05) is 11.9 Å². The van der Waals surface area contributed by atoms with E-state index in [9.17, 15) is 4.79 Å². The predicted octanol–water partition coefficient (Wildman–Crippen LogP) is 2.00. The maximum Gasteiger partial charge on any atom is 0.282 e. The van der Waals surface area contributed by atoms with E-state index in [1.54, 1.807) is 13.2 Å². The summed E-state index contributed by atoms with van der Waals surface area (Å²) in [5, 5.41) is 7.27. The van der Waals surface area contributed by atoms with Gasteiger partial charge in [0, 0.05) is 13.6 Å². The summed E-state index contributed by atoms with van der Waals surface area (Å²) < 4.78 is 1.88. The quantitative estimate of drug-likeness (QED) is 0.921. The lowest BCUT2D eigenvalue weighted by atomic mass is 10.1. The highest BCUT2D eigenvalue weighted by molar-refractivity contribution is 9.10. The minimum Gasteiger partial charge on any atom is -0.382 e. The third-order valence-electron chi connectivity index (χ3n) is 3.12. The number of nitrogens with one attached hydrogen (secondary N) is 1. The lowest BCUT2D eigenvalue weighted by Gasteiger charge is -2.13. The minimum absolute atomic E-state index is 0.107. The van der Waals surface area contributed by atoms with Gasteiger partial charge in [-0.3, -0.25) is 4.79 Å². The highest BCUT2D eigenvalue weighted by atomic mass is 79.9. The molecule has 0 saturated heterocycles. The van der Waals surface area contributed by atoms with Gasteiger partial charge in [-0.05, 0) is 40.6 Å². The van der Waals surface area contributed by atoms with Crippen LogP contribution >= 0.6 is 15.9 Å². The zero-order valence-electron chi connectivity index (χ0n) is 9.53. The third kappa shape index (κ3) is 2.45. The molecule has 1 atom stereocenters. The molecule has 1 unspecified atom stereocenters. The second-order valence-electron chi connectivity index (χ2n) is 4.50. The first-order valence-electron chi connectivity index (χ1n) is 5.55. The predicted molar refractivity (Wildman–Crippen MR) is 67.6 cm³/mol. The number of aryl methyl sites for hydroxylation is 1. The fourth-order valence-electron chi connectivity index (χ4n) is 1.74. The van der Waals surface area contributed by atoms with Crippen molar-refractivity contribution in [1.29, 1.82) is 0 Å². The Balaban J connectivity index is 2.03. The highest BCUT2D eigenvalue weighted by Crippen LogP contribution is 2.36. The summed E-state index contributed by atoms with van der Waals surface area (Å²) in [7, 11) is 1.64. The normalized spacial score (nSPS) is 17.2. The van der Waals surface area contributed by atoms with Crippen molar-refractivity contribution in [2.45, 2.75) is 19.8 Å². The standard InChI is InChI=1S/C11H16BrN3O/c1-7(8-3-4-8)5-13-9-6-14-15(2)11(16)10(9)12/h6-8,13H,3-5H2,1-2H3. The van der Waals surface area contributed by atoms with Gasteiger partial charge in [0.25, 0.3) is 5.56 Å². The highest BCUT2D eigenvalue weighted by Gasteiger charge is 2.27. The van der Waals surface area contributed by atoms with Gasteiger partial charge in [0.05, 0.1) is 11.9 Å². The fraction of sp³-hybridized carbons (Fsp3) is 0.636. The second kappa shape index (κ2) is 4.57. The molecule has 88 valence electrons. The summed E-state index contributed by atoms with van der Waals surface area (Å²) in [4.78, 5) is 11.6. The van der Waals surface area contributed by atoms with Gasteiger partial charge in [0.15, 0.2) is 0 Å². The Kier molecular flexibility index (Phi) is 3.33. The smallest absolute Gasteiger partial charge is 0.282 e. The average molecular weight is 286 g/mol. The largest absolute Gasteiger partial charge is 0.382 e. The van der Waals surface area contributed by atoms with Gasteiger partial charge in [0.1, 0.15) is 4.47 Å². The number of hydrogen-bond acceptors (Lipinski definition) is 3. The molecule has 0 spiro atoms. The molecule has 1 aromatic heterocycles. The van der Waals surface area contributed by atoms with Crippen LogP contribution in [0, 0.1) is 11.8 Å². The Morgan fingerprint density at radius 3 is 3.00 bits per heavy atom. The number of halogens is 1. The van der Waals surface area contributed by atoms with Crippen molar-refractivity contribution in [2.24, 2.45) is 18.9 Å². The van der Waals surface area contributed by atoms with Crippen LogP contribution in [-0.2, 0) is 7.05 Å². The molecular weight excluding hydrogens is 270 g/mol. The molecule has 0 bridgehead atoms. The SMILES string of the molecule is CC(CNc1cnn(C)c(=O)c1Br)C1CC1. The number of anilines is 1. The lowest BCUT2D eigenvalue weighted by Crippen LogP contribution is -2.22. The number of nitrogens with zero attached hydrogens (tertiary/aromatic N) is 2. The van der Waals surface area contributed by atoms with E-state index in [0.29, 0.717) is 10.4 Å². The number of aromatic nitrogens is 2. The van der Waals surface area contributed by atoms with Crippen molar-refractivity contribution in [3.8, 4) is 0 Å². The number of hydrogen-bond donors (Lipinski definition) is 1. The van der Waals surface area contributed by atoms with Gasteiger partial charge in [-0.25, -0.2) is 4.68 Å². The Morgan fingerprint density at radius 1 is 1.69 bits per heavy atom. The molecule has 1 aromatic rings. The average Bonchev–Trinajstić information content (AvgIpc) is 3.08. The van der Waals surface area contributed by atoms with Gasteiger partial charge in [-0.1, -0.05) is 6.92 Å². The molecule has 1 heterocycles. The number of rotatable bonds is 4. The van der Waals surface area contributed by atoms with Crippen molar-refractivity contribution in [3.63, 3.8) is 0 Å². The zero-order valence-corrected chi connectivity index (χ0v) is 11.1. The van der Waals surface area contributed by atoms with E-state index in [4.69, 9.17) is 0 Å². The fourth-order valence-corrected chi connectivity index (χ4v) is 2.24. The maximum absolute atomic E-state index is 11.6. The van der Waals surface area contributed by atoms with Crippen molar-refractivity contribution in [3.05, 3.63) is 21.0 Å². The van der Waals surface area contributed by atoms with Gasteiger partial charge in [-0.2, -0.15) is 5.10 Å². The Labute approximate surface area is 103 Å². The van der Waals surface area contributed by atoms with Crippen LogP contribution in [0.4, 0.5) is 5.69 Å². The molecule has 16 heavy (non-hydrogen) atoms. The molecule has 1 saturated carbocycles. The molecule has 5 heteroatoms. The van der Waals surface area contributed by atoms with Crippen LogP contribution in [-0.4, -0.2) is 16.3 Å². The van der Waals surface area contributed by atoms with E-state index in [-0.39, 0.29) is 5.56 Å². The third-order valence-corrected chi connectivity index (χ3v) is 3.89. The summed E-state index contributed by atoms with van der Waals surface area (Å²) in [6.07, 6.45) is 4.38. The van der Waals surface area contributed by atoms with Crippen LogP contribution in [0.5, 0.6) is 0 Å². The van der Waals surface area contributed by atoms with Gasteiger partial charge in [-0.15, -0.1) is 0 Å². The van der Waals surface area contributed by atoms with E-state index in [1.165, 1.54) is 17.5 Å². The second-order valence-corrected chi connectivity index (χ2v) is 5.29. The van der Waals surface area contributed by atoms with Crippen molar-refractivity contribution in [1.82, 2.24) is 9.78 Å². The van der Waals surface area contributed by atoms with Crippen molar-refractivity contribution < 1.29 is 0 Å². The monoisotopic (exact) mass is 285 g/mol. The summed E-state index contributed by atoms with van der Waals surface area (Å²) in [6.45, 7) is 3.14.